The summed E-state index contributed by atoms with van der Waals surface area (Å²) >= 11 is 0. The Labute approximate surface area is 96.0 Å². The maximum Gasteiger partial charge on any atom is 0.00692 e. The summed E-state index contributed by atoms with van der Waals surface area (Å²) in [6.45, 7) is 9.33. The van der Waals surface area contributed by atoms with E-state index in [1.54, 1.807) is 0 Å². The van der Waals surface area contributed by atoms with Gasteiger partial charge in [-0.2, -0.15) is 0 Å². The topological polar surface area (TPSA) is 12.0 Å². The quantitative estimate of drug-likeness (QED) is 0.671. The molecule has 1 nitrogen and oxygen atoms in total. The van der Waals surface area contributed by atoms with Crippen molar-refractivity contribution in [1.29, 1.82) is 0 Å². The average Bonchev–Trinajstić information content (AvgIpc) is 2.13. The molecule has 0 aromatic carbocycles. The summed E-state index contributed by atoms with van der Waals surface area (Å²) in [5.74, 6) is 1.88. The van der Waals surface area contributed by atoms with Crippen LogP contribution in [0.3, 0.4) is 0 Å². The minimum Gasteiger partial charge on any atom is -0.311 e. The lowest BCUT2D eigenvalue weighted by atomic mass is 9.81. The van der Waals surface area contributed by atoms with Crippen molar-refractivity contribution in [3.05, 3.63) is 0 Å². The van der Waals surface area contributed by atoms with Gasteiger partial charge in [-0.15, -0.1) is 0 Å². The van der Waals surface area contributed by atoms with Crippen LogP contribution in [0.25, 0.3) is 0 Å². The fourth-order valence-corrected chi connectivity index (χ4v) is 2.88. The van der Waals surface area contributed by atoms with E-state index in [9.17, 15) is 0 Å². The van der Waals surface area contributed by atoms with Crippen molar-refractivity contribution in [2.45, 2.75) is 78.3 Å². The van der Waals surface area contributed by atoms with Gasteiger partial charge in [0, 0.05) is 12.1 Å². The van der Waals surface area contributed by atoms with Gasteiger partial charge in [-0.3, -0.25) is 0 Å². The summed E-state index contributed by atoms with van der Waals surface area (Å²) in [5, 5.41) is 3.78. The summed E-state index contributed by atoms with van der Waals surface area (Å²) in [5.41, 5.74) is 0. The molecule has 1 fully saturated rings. The van der Waals surface area contributed by atoms with Crippen molar-refractivity contribution in [1.82, 2.24) is 5.32 Å². The Morgan fingerprint density at radius 1 is 1.13 bits per heavy atom. The van der Waals surface area contributed by atoms with Gasteiger partial charge in [0.25, 0.3) is 0 Å². The molecule has 1 rings (SSSR count). The molecule has 0 heterocycles. The number of hydrogen-bond donors (Lipinski definition) is 1. The Morgan fingerprint density at radius 3 is 2.13 bits per heavy atom. The lowest BCUT2D eigenvalue weighted by Crippen LogP contribution is -2.40. The third-order valence-corrected chi connectivity index (χ3v) is 4.21. The molecule has 2 atom stereocenters. The van der Waals surface area contributed by atoms with Crippen molar-refractivity contribution in [3.63, 3.8) is 0 Å². The fourth-order valence-electron chi connectivity index (χ4n) is 2.88. The van der Waals surface area contributed by atoms with E-state index in [1.807, 2.05) is 0 Å². The monoisotopic (exact) mass is 211 g/mol. The second-order valence-electron chi connectivity index (χ2n) is 5.47. The maximum absolute atomic E-state index is 3.78. The third kappa shape index (κ3) is 4.14. The van der Waals surface area contributed by atoms with Gasteiger partial charge in [-0.25, -0.2) is 0 Å². The Bertz CT molecular complexity index is 159. The Balaban J connectivity index is 2.19. The number of hydrogen-bond acceptors (Lipinski definition) is 1. The highest BCUT2D eigenvalue weighted by molar-refractivity contribution is 4.78. The average molecular weight is 211 g/mol. The molecule has 90 valence electrons. The van der Waals surface area contributed by atoms with Gasteiger partial charge >= 0.3 is 0 Å². The molecule has 15 heavy (non-hydrogen) atoms. The van der Waals surface area contributed by atoms with Crippen LogP contribution < -0.4 is 5.32 Å². The molecule has 1 aliphatic carbocycles. The van der Waals surface area contributed by atoms with Gasteiger partial charge in [0.2, 0.25) is 0 Å². The van der Waals surface area contributed by atoms with E-state index in [-0.39, 0.29) is 0 Å². The maximum atomic E-state index is 3.78. The van der Waals surface area contributed by atoms with Crippen molar-refractivity contribution in [3.8, 4) is 0 Å². The molecule has 0 aliphatic heterocycles. The van der Waals surface area contributed by atoms with Crippen LogP contribution in [0.2, 0.25) is 0 Å². The first kappa shape index (κ1) is 13.0. The van der Waals surface area contributed by atoms with Crippen LogP contribution in [0.1, 0.15) is 66.2 Å². The molecule has 0 aromatic rings. The minimum absolute atomic E-state index is 0.690. The van der Waals surface area contributed by atoms with Gasteiger partial charge in [-0.05, 0) is 32.1 Å². The van der Waals surface area contributed by atoms with Crippen molar-refractivity contribution < 1.29 is 0 Å². The molecule has 0 aromatic heterocycles. The summed E-state index contributed by atoms with van der Waals surface area (Å²) in [7, 11) is 0. The van der Waals surface area contributed by atoms with Crippen LogP contribution in [0, 0.1) is 11.8 Å². The van der Waals surface area contributed by atoms with E-state index in [0.29, 0.717) is 12.1 Å². The summed E-state index contributed by atoms with van der Waals surface area (Å²) in [6.07, 6.45) is 8.43. The largest absolute Gasteiger partial charge is 0.311 e. The fraction of sp³-hybridized carbons (Fsp3) is 1.00. The first-order chi connectivity index (χ1) is 7.17. The van der Waals surface area contributed by atoms with E-state index in [4.69, 9.17) is 0 Å². The van der Waals surface area contributed by atoms with Crippen LogP contribution >= 0.6 is 0 Å². The summed E-state index contributed by atoms with van der Waals surface area (Å²) in [4.78, 5) is 0. The zero-order valence-electron chi connectivity index (χ0n) is 11.1. The molecular weight excluding hydrogens is 182 g/mol. The molecule has 0 bridgehead atoms. The highest BCUT2D eigenvalue weighted by atomic mass is 14.9. The zero-order valence-corrected chi connectivity index (χ0v) is 11.1. The Morgan fingerprint density at radius 2 is 1.73 bits per heavy atom. The first-order valence-corrected chi connectivity index (χ1v) is 6.93. The second-order valence-corrected chi connectivity index (χ2v) is 5.47. The lowest BCUT2D eigenvalue weighted by Gasteiger charge is -2.32. The van der Waals surface area contributed by atoms with Gasteiger partial charge in [0.1, 0.15) is 0 Å². The predicted molar refractivity (Wildman–Crippen MR) is 68.1 cm³/mol. The SMILES string of the molecule is CCC(CC)C(C)NC(C)CC1CCC1. The molecule has 0 spiro atoms. The van der Waals surface area contributed by atoms with Crippen LogP contribution in [0.5, 0.6) is 0 Å². The van der Waals surface area contributed by atoms with E-state index in [2.05, 4.69) is 33.0 Å². The zero-order chi connectivity index (χ0) is 11.3. The minimum atomic E-state index is 0.690. The highest BCUT2D eigenvalue weighted by Gasteiger charge is 2.22. The van der Waals surface area contributed by atoms with Crippen LogP contribution in [0.15, 0.2) is 0 Å². The van der Waals surface area contributed by atoms with Crippen molar-refractivity contribution in [2.75, 3.05) is 0 Å². The van der Waals surface area contributed by atoms with Gasteiger partial charge < -0.3 is 5.32 Å². The predicted octanol–water partition coefficient (Wildman–Crippen LogP) is 3.98. The molecule has 2 unspecified atom stereocenters. The normalized spacial score (nSPS) is 21.4. The molecule has 0 radical (unpaired) electrons. The van der Waals surface area contributed by atoms with Gasteiger partial charge in [0.05, 0.1) is 0 Å². The van der Waals surface area contributed by atoms with Gasteiger partial charge in [0.15, 0.2) is 0 Å². The standard InChI is InChI=1S/C14H29N/c1-5-14(6-2)12(4)15-11(3)10-13-8-7-9-13/h11-15H,5-10H2,1-4H3. The summed E-state index contributed by atoms with van der Waals surface area (Å²) < 4.78 is 0. The van der Waals surface area contributed by atoms with Gasteiger partial charge in [-0.1, -0.05) is 46.0 Å². The molecule has 0 saturated heterocycles. The highest BCUT2D eigenvalue weighted by Crippen LogP contribution is 2.30. The molecular formula is C14H29N. The van der Waals surface area contributed by atoms with E-state index in [1.165, 1.54) is 38.5 Å². The van der Waals surface area contributed by atoms with Crippen LogP contribution in [-0.4, -0.2) is 12.1 Å². The van der Waals surface area contributed by atoms with E-state index < -0.39 is 0 Å². The number of nitrogens with one attached hydrogen (secondary N) is 1. The van der Waals surface area contributed by atoms with Crippen molar-refractivity contribution >= 4 is 0 Å². The molecule has 1 saturated carbocycles. The van der Waals surface area contributed by atoms with Crippen LogP contribution in [-0.2, 0) is 0 Å². The smallest absolute Gasteiger partial charge is 0.00692 e. The second kappa shape index (κ2) is 6.52. The summed E-state index contributed by atoms with van der Waals surface area (Å²) in [6, 6.07) is 1.40. The molecule has 1 heteroatoms. The Hall–Kier alpha value is -0.0400. The van der Waals surface area contributed by atoms with Crippen LogP contribution in [0.4, 0.5) is 0 Å². The van der Waals surface area contributed by atoms with Crippen molar-refractivity contribution in [2.24, 2.45) is 11.8 Å². The van der Waals surface area contributed by atoms with E-state index in [0.717, 1.165) is 11.8 Å². The molecule has 1 aliphatic rings. The Kier molecular flexibility index (Phi) is 5.66. The lowest BCUT2D eigenvalue weighted by molar-refractivity contribution is 0.242. The first-order valence-electron chi connectivity index (χ1n) is 6.93. The number of rotatable bonds is 7. The molecule has 1 N–H and O–H groups in total. The molecule has 0 amide bonds. The van der Waals surface area contributed by atoms with E-state index >= 15 is 0 Å². The third-order valence-electron chi connectivity index (χ3n) is 4.21.